The van der Waals surface area contributed by atoms with Gasteiger partial charge in [-0.3, -0.25) is 0 Å². The van der Waals surface area contributed by atoms with Crippen LogP contribution in [0.2, 0.25) is 0 Å². The quantitative estimate of drug-likeness (QED) is 0.395. The molecule has 3 aromatic rings. The standard InChI is InChI=1S/C19H13BrF4N2O3/c1-9(19(27)28-2)29-18-16(20)17(10-3-5-12(22)14(24)7-10)26(25-18)15-8-11(21)4-6-13(15)23/h3-9H,1-2H3/t9-/m1/s1. The predicted molar refractivity (Wildman–Crippen MR) is 98.6 cm³/mol. The SMILES string of the molecule is COC(=O)[C@@H](C)Oc1nn(-c2cc(F)ccc2F)c(-c2ccc(F)c(F)c2)c1Br. The van der Waals surface area contributed by atoms with E-state index in [1.165, 1.54) is 20.1 Å². The van der Waals surface area contributed by atoms with Crippen LogP contribution in [-0.2, 0) is 9.53 Å². The van der Waals surface area contributed by atoms with E-state index < -0.39 is 35.3 Å². The fourth-order valence-electron chi connectivity index (χ4n) is 2.55. The maximum Gasteiger partial charge on any atom is 0.346 e. The van der Waals surface area contributed by atoms with E-state index in [0.717, 1.165) is 35.0 Å². The molecule has 2 aromatic carbocycles. The lowest BCUT2D eigenvalue weighted by atomic mass is 10.1. The summed E-state index contributed by atoms with van der Waals surface area (Å²) in [5.41, 5.74) is -0.140. The highest BCUT2D eigenvalue weighted by atomic mass is 79.9. The predicted octanol–water partition coefficient (Wildman–Crippen LogP) is 4.80. The molecule has 1 atom stereocenters. The van der Waals surface area contributed by atoms with Crippen LogP contribution in [-0.4, -0.2) is 29.0 Å². The van der Waals surface area contributed by atoms with E-state index in [1.54, 1.807) is 0 Å². The molecule has 0 bridgehead atoms. The molecule has 1 heterocycles. The first kappa shape index (κ1) is 20.8. The summed E-state index contributed by atoms with van der Waals surface area (Å²) in [6.07, 6.45) is -1.07. The zero-order valence-electron chi connectivity index (χ0n) is 15.1. The second-order valence-corrected chi connectivity index (χ2v) is 6.68. The molecule has 0 fully saturated rings. The number of hydrogen-bond acceptors (Lipinski definition) is 4. The van der Waals surface area contributed by atoms with E-state index in [0.29, 0.717) is 0 Å². The number of halogens is 5. The Hall–Kier alpha value is -2.88. The first-order valence-electron chi connectivity index (χ1n) is 8.16. The Bertz CT molecular complexity index is 1090. The molecule has 0 spiro atoms. The van der Waals surface area contributed by atoms with Gasteiger partial charge in [0.05, 0.1) is 12.8 Å². The van der Waals surface area contributed by atoms with Gasteiger partial charge in [-0.25, -0.2) is 27.0 Å². The fraction of sp³-hybridized carbons (Fsp3) is 0.158. The second kappa shape index (κ2) is 8.24. The van der Waals surface area contributed by atoms with Crippen LogP contribution in [0.3, 0.4) is 0 Å². The molecule has 0 aliphatic carbocycles. The summed E-state index contributed by atoms with van der Waals surface area (Å²) in [7, 11) is 1.17. The highest BCUT2D eigenvalue weighted by Crippen LogP contribution is 2.38. The third-order valence-electron chi connectivity index (χ3n) is 3.95. The average molecular weight is 473 g/mol. The third kappa shape index (κ3) is 4.12. The van der Waals surface area contributed by atoms with Crippen molar-refractivity contribution >= 4 is 21.9 Å². The number of benzene rings is 2. The van der Waals surface area contributed by atoms with Gasteiger partial charge in [0.2, 0.25) is 5.88 Å². The summed E-state index contributed by atoms with van der Waals surface area (Å²) < 4.78 is 66.4. The molecule has 152 valence electrons. The number of esters is 1. The summed E-state index contributed by atoms with van der Waals surface area (Å²) >= 11 is 3.23. The topological polar surface area (TPSA) is 53.4 Å². The van der Waals surface area contributed by atoms with Gasteiger partial charge in [0.15, 0.2) is 17.7 Å². The first-order chi connectivity index (χ1) is 13.7. The summed E-state index contributed by atoms with van der Waals surface area (Å²) in [6, 6.07) is 5.69. The fourth-order valence-corrected chi connectivity index (χ4v) is 3.12. The van der Waals surface area contributed by atoms with Crippen molar-refractivity contribution in [3.63, 3.8) is 0 Å². The molecular formula is C19H13BrF4N2O3. The van der Waals surface area contributed by atoms with Crippen LogP contribution in [0.1, 0.15) is 6.92 Å². The van der Waals surface area contributed by atoms with Crippen LogP contribution in [0, 0.1) is 23.3 Å². The van der Waals surface area contributed by atoms with Gasteiger partial charge in [0.1, 0.15) is 21.8 Å². The van der Waals surface area contributed by atoms with E-state index in [-0.39, 0.29) is 27.3 Å². The number of methoxy groups -OCH3 is 1. The highest BCUT2D eigenvalue weighted by molar-refractivity contribution is 9.10. The number of rotatable bonds is 5. The molecule has 29 heavy (non-hydrogen) atoms. The van der Waals surface area contributed by atoms with Gasteiger partial charge in [0.25, 0.3) is 0 Å². The number of carbonyl (C=O) groups is 1. The van der Waals surface area contributed by atoms with Gasteiger partial charge < -0.3 is 9.47 Å². The van der Waals surface area contributed by atoms with Crippen LogP contribution in [0.5, 0.6) is 5.88 Å². The zero-order valence-corrected chi connectivity index (χ0v) is 16.6. The minimum Gasteiger partial charge on any atom is -0.466 e. The van der Waals surface area contributed by atoms with Crippen molar-refractivity contribution in [2.75, 3.05) is 7.11 Å². The van der Waals surface area contributed by atoms with Gasteiger partial charge in [-0.1, -0.05) is 0 Å². The number of ether oxygens (including phenoxy) is 2. The minimum absolute atomic E-state index is 0.0560. The first-order valence-corrected chi connectivity index (χ1v) is 8.96. The molecule has 0 unspecified atom stereocenters. The number of nitrogens with zero attached hydrogens (tertiary/aromatic N) is 2. The van der Waals surface area contributed by atoms with E-state index in [2.05, 4.69) is 25.8 Å². The Labute approximate surface area is 171 Å². The smallest absolute Gasteiger partial charge is 0.346 e. The number of aromatic nitrogens is 2. The minimum atomic E-state index is -1.15. The van der Waals surface area contributed by atoms with E-state index >= 15 is 0 Å². The van der Waals surface area contributed by atoms with Gasteiger partial charge in [-0.15, -0.1) is 5.10 Å². The average Bonchev–Trinajstić information content (AvgIpc) is 3.01. The molecular weight excluding hydrogens is 460 g/mol. The van der Waals surface area contributed by atoms with Crippen molar-refractivity contribution in [1.29, 1.82) is 0 Å². The van der Waals surface area contributed by atoms with Crippen molar-refractivity contribution in [3.8, 4) is 22.8 Å². The van der Waals surface area contributed by atoms with Crippen LogP contribution in [0.4, 0.5) is 17.6 Å². The summed E-state index contributed by atoms with van der Waals surface area (Å²) in [4.78, 5) is 11.6. The van der Waals surface area contributed by atoms with Crippen LogP contribution in [0.25, 0.3) is 16.9 Å². The monoisotopic (exact) mass is 472 g/mol. The van der Waals surface area contributed by atoms with E-state index in [4.69, 9.17) is 4.74 Å². The molecule has 0 saturated carbocycles. The lowest BCUT2D eigenvalue weighted by Gasteiger charge is -2.10. The van der Waals surface area contributed by atoms with Crippen molar-refractivity contribution < 1.29 is 31.8 Å². The molecule has 0 aliphatic rings. The van der Waals surface area contributed by atoms with Gasteiger partial charge in [0, 0.05) is 11.6 Å². The Morgan fingerprint density at radius 3 is 2.41 bits per heavy atom. The Morgan fingerprint density at radius 2 is 1.76 bits per heavy atom. The summed E-state index contributed by atoms with van der Waals surface area (Å²) in [5.74, 6) is -4.65. The number of hydrogen-bond donors (Lipinski definition) is 0. The normalized spacial score (nSPS) is 12.0. The lowest BCUT2D eigenvalue weighted by Crippen LogP contribution is -2.25. The molecule has 3 rings (SSSR count). The molecule has 0 N–H and O–H groups in total. The van der Waals surface area contributed by atoms with Crippen LogP contribution in [0.15, 0.2) is 40.9 Å². The van der Waals surface area contributed by atoms with Crippen molar-refractivity contribution in [2.45, 2.75) is 13.0 Å². The Kier molecular flexibility index (Phi) is 5.92. The second-order valence-electron chi connectivity index (χ2n) is 5.89. The summed E-state index contributed by atoms with van der Waals surface area (Å²) in [5, 5.41) is 4.08. The molecule has 10 heteroatoms. The van der Waals surface area contributed by atoms with E-state index in [9.17, 15) is 22.4 Å². The molecule has 0 radical (unpaired) electrons. The molecule has 0 amide bonds. The zero-order chi connectivity index (χ0) is 21.3. The van der Waals surface area contributed by atoms with Gasteiger partial charge in [-0.2, -0.15) is 0 Å². The molecule has 0 saturated heterocycles. The molecule has 5 nitrogen and oxygen atoms in total. The van der Waals surface area contributed by atoms with Crippen molar-refractivity contribution in [2.24, 2.45) is 0 Å². The third-order valence-corrected chi connectivity index (χ3v) is 4.66. The number of carbonyl (C=O) groups excluding carboxylic acids is 1. The maximum absolute atomic E-state index is 14.4. The van der Waals surface area contributed by atoms with Crippen molar-refractivity contribution in [3.05, 3.63) is 64.1 Å². The Balaban J connectivity index is 2.22. The van der Waals surface area contributed by atoms with E-state index in [1.807, 2.05) is 0 Å². The largest absolute Gasteiger partial charge is 0.466 e. The Morgan fingerprint density at radius 1 is 1.07 bits per heavy atom. The maximum atomic E-state index is 14.4. The molecule has 1 aromatic heterocycles. The van der Waals surface area contributed by atoms with Gasteiger partial charge in [-0.05, 0) is 53.2 Å². The lowest BCUT2D eigenvalue weighted by molar-refractivity contribution is -0.148. The van der Waals surface area contributed by atoms with Crippen LogP contribution >= 0.6 is 15.9 Å². The van der Waals surface area contributed by atoms with Gasteiger partial charge >= 0.3 is 5.97 Å². The van der Waals surface area contributed by atoms with Crippen molar-refractivity contribution in [1.82, 2.24) is 9.78 Å². The highest BCUT2D eigenvalue weighted by Gasteiger charge is 2.26. The molecule has 0 aliphatic heterocycles. The van der Waals surface area contributed by atoms with Crippen LogP contribution < -0.4 is 4.74 Å². The summed E-state index contributed by atoms with van der Waals surface area (Å²) in [6.45, 7) is 1.40.